The van der Waals surface area contributed by atoms with Gasteiger partial charge < -0.3 is 10.2 Å². The monoisotopic (exact) mass is 295 g/mol. The summed E-state index contributed by atoms with van der Waals surface area (Å²) in [5.74, 6) is 0. The summed E-state index contributed by atoms with van der Waals surface area (Å²) in [4.78, 5) is 8.56. The van der Waals surface area contributed by atoms with Gasteiger partial charge in [-0.05, 0) is 47.8 Å². The van der Waals surface area contributed by atoms with Crippen LogP contribution in [0.4, 0.5) is 0 Å². The molecule has 0 aromatic carbocycles. The van der Waals surface area contributed by atoms with E-state index in [0.717, 1.165) is 6.42 Å². The van der Waals surface area contributed by atoms with Crippen LogP contribution in [0.25, 0.3) is 0 Å². The summed E-state index contributed by atoms with van der Waals surface area (Å²) < 4.78 is 0. The van der Waals surface area contributed by atoms with Gasteiger partial charge in [-0.2, -0.15) is 0 Å². The van der Waals surface area contributed by atoms with Crippen molar-refractivity contribution in [2.24, 2.45) is 0 Å². The molecular formula is C16H29N3S. The van der Waals surface area contributed by atoms with E-state index >= 15 is 0 Å². The second kappa shape index (κ2) is 6.54. The zero-order chi connectivity index (χ0) is 14.8. The Morgan fingerprint density at radius 2 is 1.90 bits per heavy atom. The van der Waals surface area contributed by atoms with Crippen LogP contribution >= 0.6 is 11.3 Å². The van der Waals surface area contributed by atoms with Crippen molar-refractivity contribution in [3.8, 4) is 0 Å². The van der Waals surface area contributed by atoms with E-state index < -0.39 is 0 Å². The average molecular weight is 295 g/mol. The molecule has 1 atom stereocenters. The molecule has 2 rings (SSSR count). The Morgan fingerprint density at radius 1 is 1.25 bits per heavy atom. The number of aryl methyl sites for hydroxylation is 2. The van der Waals surface area contributed by atoms with E-state index in [1.54, 1.807) is 0 Å². The summed E-state index contributed by atoms with van der Waals surface area (Å²) in [6.45, 7) is 4.29. The summed E-state index contributed by atoms with van der Waals surface area (Å²) in [5, 5.41) is 4.88. The van der Waals surface area contributed by atoms with E-state index in [0.29, 0.717) is 11.6 Å². The van der Waals surface area contributed by atoms with Crippen molar-refractivity contribution >= 4 is 11.3 Å². The lowest BCUT2D eigenvalue weighted by Gasteiger charge is -2.48. The predicted molar refractivity (Wildman–Crippen MR) is 87.6 cm³/mol. The Labute approximate surface area is 127 Å². The quantitative estimate of drug-likeness (QED) is 0.904. The van der Waals surface area contributed by atoms with E-state index in [1.807, 2.05) is 11.3 Å². The molecule has 1 fully saturated rings. The molecule has 1 unspecified atom stereocenters. The zero-order valence-electron chi connectivity index (χ0n) is 13.6. The normalized spacial score (nSPS) is 20.3. The van der Waals surface area contributed by atoms with Crippen LogP contribution in [0.2, 0.25) is 0 Å². The van der Waals surface area contributed by atoms with Crippen molar-refractivity contribution in [3.63, 3.8) is 0 Å². The van der Waals surface area contributed by atoms with Gasteiger partial charge >= 0.3 is 0 Å². The number of nitrogens with one attached hydrogen (secondary N) is 1. The molecule has 0 aliphatic heterocycles. The highest BCUT2D eigenvalue weighted by molar-refractivity contribution is 7.11. The number of likely N-dealkylation sites (N-methyl/N-ethyl adjacent to an activating group) is 2. The second-order valence-electron chi connectivity index (χ2n) is 6.35. The fourth-order valence-corrected chi connectivity index (χ4v) is 4.61. The van der Waals surface area contributed by atoms with Gasteiger partial charge in [-0.15, -0.1) is 11.3 Å². The van der Waals surface area contributed by atoms with Crippen LogP contribution < -0.4 is 5.32 Å². The molecule has 1 aromatic rings. The maximum Gasteiger partial charge on any atom is 0.0947 e. The molecule has 0 bridgehead atoms. The SMILES string of the molecule is CNC(Cc1nc(C)c(C)s1)C1(N(C)C)CCCCC1. The molecule has 0 amide bonds. The number of rotatable bonds is 5. The maximum atomic E-state index is 4.74. The Hall–Kier alpha value is -0.450. The van der Waals surface area contributed by atoms with Crippen LogP contribution in [0, 0.1) is 13.8 Å². The number of thiazole rings is 1. The molecule has 1 N–H and O–H groups in total. The molecule has 1 aliphatic rings. The third-order valence-corrected chi connectivity index (χ3v) is 6.15. The third kappa shape index (κ3) is 3.07. The van der Waals surface area contributed by atoms with Crippen molar-refractivity contribution in [2.75, 3.05) is 21.1 Å². The fourth-order valence-electron chi connectivity index (χ4n) is 3.63. The highest BCUT2D eigenvalue weighted by atomic mass is 32.1. The molecule has 1 heterocycles. The van der Waals surface area contributed by atoms with E-state index in [9.17, 15) is 0 Å². The van der Waals surface area contributed by atoms with Gasteiger partial charge in [-0.3, -0.25) is 0 Å². The topological polar surface area (TPSA) is 28.2 Å². The minimum absolute atomic E-state index is 0.292. The smallest absolute Gasteiger partial charge is 0.0947 e. The summed E-state index contributed by atoms with van der Waals surface area (Å²) in [7, 11) is 6.60. The van der Waals surface area contributed by atoms with Crippen LogP contribution in [0.3, 0.4) is 0 Å². The summed E-state index contributed by atoms with van der Waals surface area (Å²) >= 11 is 1.86. The molecule has 0 radical (unpaired) electrons. The van der Waals surface area contributed by atoms with Crippen LogP contribution in [0.15, 0.2) is 0 Å². The van der Waals surface area contributed by atoms with Gasteiger partial charge in [0.2, 0.25) is 0 Å². The average Bonchev–Trinajstić information content (AvgIpc) is 2.75. The first-order valence-electron chi connectivity index (χ1n) is 7.77. The van der Waals surface area contributed by atoms with Gasteiger partial charge in [0.25, 0.3) is 0 Å². The Morgan fingerprint density at radius 3 is 2.35 bits per heavy atom. The molecule has 20 heavy (non-hydrogen) atoms. The van der Waals surface area contributed by atoms with Crippen LogP contribution in [0.1, 0.15) is 47.7 Å². The molecule has 1 aliphatic carbocycles. The van der Waals surface area contributed by atoms with Crippen molar-refractivity contribution < 1.29 is 0 Å². The third-order valence-electron chi connectivity index (χ3n) is 5.06. The van der Waals surface area contributed by atoms with E-state index in [2.05, 4.69) is 45.2 Å². The van der Waals surface area contributed by atoms with Gasteiger partial charge in [0.05, 0.1) is 10.7 Å². The van der Waals surface area contributed by atoms with Crippen LogP contribution in [-0.2, 0) is 6.42 Å². The molecule has 4 heteroatoms. The summed E-state index contributed by atoms with van der Waals surface area (Å²) in [6.07, 6.45) is 7.75. The van der Waals surface area contributed by atoms with Crippen LogP contribution in [-0.4, -0.2) is 42.6 Å². The second-order valence-corrected chi connectivity index (χ2v) is 7.64. The number of hydrogen-bond donors (Lipinski definition) is 1. The van der Waals surface area contributed by atoms with Gasteiger partial charge in [0.1, 0.15) is 0 Å². The summed E-state index contributed by atoms with van der Waals surface area (Å²) in [5.41, 5.74) is 1.49. The lowest BCUT2D eigenvalue weighted by atomic mass is 9.74. The van der Waals surface area contributed by atoms with Crippen molar-refractivity contribution in [1.29, 1.82) is 0 Å². The first kappa shape index (κ1) is 15.9. The first-order chi connectivity index (χ1) is 9.49. The molecule has 0 saturated heterocycles. The largest absolute Gasteiger partial charge is 0.315 e. The van der Waals surface area contributed by atoms with Crippen molar-refractivity contribution in [3.05, 3.63) is 15.6 Å². The number of aromatic nitrogens is 1. The summed E-state index contributed by atoms with van der Waals surface area (Å²) in [6, 6.07) is 0.489. The van der Waals surface area contributed by atoms with Crippen LogP contribution in [0.5, 0.6) is 0 Å². The molecular weight excluding hydrogens is 266 g/mol. The molecule has 1 saturated carbocycles. The number of hydrogen-bond acceptors (Lipinski definition) is 4. The standard InChI is InChI=1S/C16H29N3S/c1-12-13(2)20-15(18-12)11-14(17-3)16(19(4)5)9-7-6-8-10-16/h14,17H,6-11H2,1-5H3. The minimum Gasteiger partial charge on any atom is -0.315 e. The highest BCUT2D eigenvalue weighted by Crippen LogP contribution is 2.36. The van der Waals surface area contributed by atoms with Gasteiger partial charge in [-0.1, -0.05) is 19.3 Å². The Bertz CT molecular complexity index is 413. The van der Waals surface area contributed by atoms with E-state index in [1.165, 1.54) is 47.7 Å². The van der Waals surface area contributed by atoms with Gasteiger partial charge in [0, 0.05) is 22.9 Å². The Balaban J connectivity index is 2.20. The predicted octanol–water partition coefficient (Wildman–Crippen LogP) is 3.15. The van der Waals surface area contributed by atoms with E-state index in [4.69, 9.17) is 4.98 Å². The van der Waals surface area contributed by atoms with Crippen molar-refractivity contribution in [1.82, 2.24) is 15.2 Å². The molecule has 114 valence electrons. The lowest BCUT2D eigenvalue weighted by Crippen LogP contribution is -2.60. The minimum atomic E-state index is 0.292. The van der Waals surface area contributed by atoms with Gasteiger partial charge in [0.15, 0.2) is 0 Å². The molecule has 0 spiro atoms. The highest BCUT2D eigenvalue weighted by Gasteiger charge is 2.41. The van der Waals surface area contributed by atoms with Crippen molar-refractivity contribution in [2.45, 2.75) is 64.0 Å². The van der Waals surface area contributed by atoms with E-state index in [-0.39, 0.29) is 0 Å². The zero-order valence-corrected chi connectivity index (χ0v) is 14.4. The van der Waals surface area contributed by atoms with Gasteiger partial charge in [-0.25, -0.2) is 4.98 Å². The fraction of sp³-hybridized carbons (Fsp3) is 0.812. The lowest BCUT2D eigenvalue weighted by molar-refractivity contribution is 0.0598. The maximum absolute atomic E-state index is 4.74. The molecule has 3 nitrogen and oxygen atoms in total. The first-order valence-corrected chi connectivity index (χ1v) is 8.59. The molecule has 1 aromatic heterocycles. The number of nitrogens with zero attached hydrogens (tertiary/aromatic N) is 2. The Kier molecular flexibility index (Phi) is 5.21.